The molecule has 0 bridgehead atoms. The van der Waals surface area contributed by atoms with E-state index in [0.29, 0.717) is 24.2 Å². The molecule has 2 amide bonds. The fraction of sp³-hybridized carbons (Fsp3) is 0.652. The fourth-order valence-electron chi connectivity index (χ4n) is 3.17. The highest BCUT2D eigenvalue weighted by Crippen LogP contribution is 2.14. The summed E-state index contributed by atoms with van der Waals surface area (Å²) >= 11 is 0. The molecule has 0 aliphatic heterocycles. The monoisotopic (exact) mass is 374 g/mol. The van der Waals surface area contributed by atoms with E-state index in [-0.39, 0.29) is 11.8 Å². The smallest absolute Gasteiger partial charge is 0.251 e. The average Bonchev–Trinajstić information content (AvgIpc) is 2.66. The number of unbranched alkanes of at least 4 members (excludes halogenated alkanes) is 10. The van der Waals surface area contributed by atoms with Crippen LogP contribution in [0.25, 0.3) is 0 Å². The van der Waals surface area contributed by atoms with Gasteiger partial charge in [0.05, 0.1) is 0 Å². The van der Waals surface area contributed by atoms with Gasteiger partial charge in [-0.3, -0.25) is 9.59 Å². The van der Waals surface area contributed by atoms with Crippen LogP contribution in [0.2, 0.25) is 0 Å². The first-order valence-electron chi connectivity index (χ1n) is 10.9. The molecular formula is C23H38N2O2. The third kappa shape index (κ3) is 11.5. The highest BCUT2D eigenvalue weighted by Gasteiger charge is 2.07. The Bertz CT molecular complexity index is 543. The first-order chi connectivity index (χ1) is 13.2. The minimum absolute atomic E-state index is 0.0268. The predicted octanol–water partition coefficient (Wildman–Crippen LogP) is 6.08. The van der Waals surface area contributed by atoms with E-state index < -0.39 is 0 Å². The molecule has 0 heterocycles. The summed E-state index contributed by atoms with van der Waals surface area (Å²) in [5.41, 5.74) is 1.26. The molecule has 4 heteroatoms. The van der Waals surface area contributed by atoms with E-state index in [0.717, 1.165) is 12.8 Å². The van der Waals surface area contributed by atoms with Crippen molar-refractivity contribution >= 4 is 17.5 Å². The Hall–Kier alpha value is -1.84. The van der Waals surface area contributed by atoms with Crippen LogP contribution in [-0.4, -0.2) is 18.4 Å². The molecule has 0 aliphatic carbocycles. The minimum Gasteiger partial charge on any atom is -0.352 e. The number of amides is 2. The first-order valence-corrected chi connectivity index (χ1v) is 10.9. The third-order valence-electron chi connectivity index (χ3n) is 4.75. The molecule has 0 spiro atoms. The van der Waals surface area contributed by atoms with Gasteiger partial charge in [0, 0.05) is 24.2 Å². The molecular weight excluding hydrogens is 336 g/mol. The van der Waals surface area contributed by atoms with E-state index in [1.54, 1.807) is 18.2 Å². The summed E-state index contributed by atoms with van der Waals surface area (Å²) in [7, 11) is 0. The van der Waals surface area contributed by atoms with Crippen LogP contribution in [0.3, 0.4) is 0 Å². The lowest BCUT2D eigenvalue weighted by molar-refractivity contribution is -0.116. The van der Waals surface area contributed by atoms with E-state index in [9.17, 15) is 9.59 Å². The second-order valence-corrected chi connectivity index (χ2v) is 7.27. The number of benzene rings is 1. The van der Waals surface area contributed by atoms with Crippen molar-refractivity contribution in [3.63, 3.8) is 0 Å². The number of anilines is 1. The zero-order valence-electron chi connectivity index (χ0n) is 17.3. The van der Waals surface area contributed by atoms with Crippen molar-refractivity contribution in [1.29, 1.82) is 0 Å². The molecule has 0 fully saturated rings. The minimum atomic E-state index is -0.112. The van der Waals surface area contributed by atoms with Crippen molar-refractivity contribution in [3.8, 4) is 0 Å². The molecule has 4 nitrogen and oxygen atoms in total. The molecule has 0 saturated heterocycles. The van der Waals surface area contributed by atoms with Crippen LogP contribution in [-0.2, 0) is 4.79 Å². The van der Waals surface area contributed by atoms with Gasteiger partial charge in [-0.15, -0.1) is 0 Å². The van der Waals surface area contributed by atoms with Crippen LogP contribution < -0.4 is 10.6 Å². The molecule has 1 rings (SSSR count). The maximum atomic E-state index is 12.1. The maximum absolute atomic E-state index is 12.1. The maximum Gasteiger partial charge on any atom is 0.251 e. The predicted molar refractivity (Wildman–Crippen MR) is 114 cm³/mol. The Morgan fingerprint density at radius 3 is 2.00 bits per heavy atom. The Balaban J connectivity index is 2.09. The average molecular weight is 375 g/mol. The SMILES string of the molecule is CCCCCCCCCCCCCC(=O)Nc1cccc(C(=O)NCC)c1. The van der Waals surface area contributed by atoms with Gasteiger partial charge in [0.25, 0.3) is 5.91 Å². The van der Waals surface area contributed by atoms with Gasteiger partial charge in [-0.2, -0.15) is 0 Å². The van der Waals surface area contributed by atoms with Crippen LogP contribution in [0.4, 0.5) is 5.69 Å². The summed E-state index contributed by atoms with van der Waals surface area (Å²) in [6.07, 6.45) is 14.6. The normalized spacial score (nSPS) is 10.6. The zero-order valence-corrected chi connectivity index (χ0v) is 17.3. The fourth-order valence-corrected chi connectivity index (χ4v) is 3.17. The molecule has 0 aliphatic rings. The molecule has 1 aromatic rings. The van der Waals surface area contributed by atoms with Gasteiger partial charge in [0.15, 0.2) is 0 Å². The van der Waals surface area contributed by atoms with Gasteiger partial charge in [-0.25, -0.2) is 0 Å². The molecule has 0 aromatic heterocycles. The first kappa shape index (κ1) is 23.2. The largest absolute Gasteiger partial charge is 0.352 e. The summed E-state index contributed by atoms with van der Waals surface area (Å²) < 4.78 is 0. The van der Waals surface area contributed by atoms with Crippen LogP contribution in [0, 0.1) is 0 Å². The molecule has 27 heavy (non-hydrogen) atoms. The lowest BCUT2D eigenvalue weighted by atomic mass is 10.1. The van der Waals surface area contributed by atoms with E-state index >= 15 is 0 Å². The van der Waals surface area contributed by atoms with Crippen molar-refractivity contribution < 1.29 is 9.59 Å². The Labute approximate surface area is 165 Å². The van der Waals surface area contributed by atoms with Gasteiger partial charge >= 0.3 is 0 Å². The number of carbonyl (C=O) groups is 2. The van der Waals surface area contributed by atoms with Gasteiger partial charge in [-0.05, 0) is 31.5 Å². The van der Waals surface area contributed by atoms with E-state index in [1.807, 2.05) is 13.0 Å². The van der Waals surface area contributed by atoms with E-state index in [1.165, 1.54) is 57.8 Å². The highest BCUT2D eigenvalue weighted by atomic mass is 16.2. The quantitative estimate of drug-likeness (QED) is 0.366. The van der Waals surface area contributed by atoms with Gasteiger partial charge in [0.2, 0.25) is 5.91 Å². The van der Waals surface area contributed by atoms with Gasteiger partial charge in [0.1, 0.15) is 0 Å². The van der Waals surface area contributed by atoms with E-state index in [2.05, 4.69) is 17.6 Å². The zero-order chi connectivity index (χ0) is 19.7. The van der Waals surface area contributed by atoms with Crippen LogP contribution in [0.5, 0.6) is 0 Å². The summed E-state index contributed by atoms with van der Waals surface area (Å²) in [5, 5.41) is 5.66. The van der Waals surface area contributed by atoms with Crippen molar-refractivity contribution in [3.05, 3.63) is 29.8 Å². The second kappa shape index (κ2) is 15.2. The summed E-state index contributed by atoms with van der Waals surface area (Å²) in [4.78, 5) is 23.9. The van der Waals surface area contributed by atoms with Crippen molar-refractivity contribution in [2.45, 2.75) is 90.9 Å². The van der Waals surface area contributed by atoms with Crippen LogP contribution >= 0.6 is 0 Å². The summed E-state index contributed by atoms with van der Waals surface area (Å²) in [6.45, 7) is 4.73. The van der Waals surface area contributed by atoms with Gasteiger partial charge in [-0.1, -0.05) is 77.2 Å². The molecule has 152 valence electrons. The van der Waals surface area contributed by atoms with Crippen LogP contribution in [0.15, 0.2) is 24.3 Å². The lowest BCUT2D eigenvalue weighted by Gasteiger charge is -2.08. The number of nitrogens with one attached hydrogen (secondary N) is 2. The lowest BCUT2D eigenvalue weighted by Crippen LogP contribution is -2.22. The Morgan fingerprint density at radius 1 is 0.815 bits per heavy atom. The summed E-state index contributed by atoms with van der Waals surface area (Å²) in [6, 6.07) is 7.09. The van der Waals surface area contributed by atoms with Crippen LogP contribution in [0.1, 0.15) is 101 Å². The highest BCUT2D eigenvalue weighted by molar-refractivity contribution is 5.97. The number of hydrogen-bond donors (Lipinski definition) is 2. The molecule has 0 atom stereocenters. The van der Waals surface area contributed by atoms with Crippen molar-refractivity contribution in [2.75, 3.05) is 11.9 Å². The number of hydrogen-bond acceptors (Lipinski definition) is 2. The molecule has 0 radical (unpaired) electrons. The molecule has 0 unspecified atom stereocenters. The Kier molecular flexibility index (Phi) is 13.1. The molecule has 1 aromatic carbocycles. The number of carbonyl (C=O) groups excluding carboxylic acids is 2. The molecule has 2 N–H and O–H groups in total. The number of rotatable bonds is 15. The van der Waals surface area contributed by atoms with E-state index in [4.69, 9.17) is 0 Å². The topological polar surface area (TPSA) is 58.2 Å². The van der Waals surface area contributed by atoms with Crippen molar-refractivity contribution in [2.24, 2.45) is 0 Å². The van der Waals surface area contributed by atoms with Crippen molar-refractivity contribution in [1.82, 2.24) is 5.32 Å². The third-order valence-corrected chi connectivity index (χ3v) is 4.75. The molecule has 0 saturated carbocycles. The summed E-state index contributed by atoms with van der Waals surface area (Å²) in [5.74, 6) is -0.0852. The van der Waals surface area contributed by atoms with Gasteiger partial charge < -0.3 is 10.6 Å². The Morgan fingerprint density at radius 2 is 1.41 bits per heavy atom. The standard InChI is InChI=1S/C23H38N2O2/c1-3-5-6-7-8-9-10-11-12-13-14-18-22(26)25-21-17-15-16-20(19-21)23(27)24-4-2/h15-17,19H,3-14,18H2,1-2H3,(H,24,27)(H,25,26). The second-order valence-electron chi connectivity index (χ2n) is 7.27.